The Kier molecular flexibility index (Phi) is 6.17. The SMILES string of the molecule is CC(=NNC(=O)CCSc1ccc(C)cc1)c1ccc2c(c1)OCCO2. The molecule has 136 valence electrons. The van der Waals surface area contributed by atoms with Crippen molar-refractivity contribution in [2.75, 3.05) is 19.0 Å². The van der Waals surface area contributed by atoms with Gasteiger partial charge in [0.15, 0.2) is 11.5 Å². The van der Waals surface area contributed by atoms with E-state index in [9.17, 15) is 4.79 Å². The van der Waals surface area contributed by atoms with E-state index in [-0.39, 0.29) is 5.91 Å². The molecule has 1 N–H and O–H groups in total. The third-order valence-electron chi connectivity index (χ3n) is 3.93. The lowest BCUT2D eigenvalue weighted by molar-refractivity contribution is -0.120. The molecule has 0 saturated carbocycles. The molecule has 1 aliphatic rings. The van der Waals surface area contributed by atoms with Crippen LogP contribution in [-0.4, -0.2) is 30.6 Å². The molecule has 26 heavy (non-hydrogen) atoms. The molecule has 0 radical (unpaired) electrons. The van der Waals surface area contributed by atoms with Gasteiger partial charge in [-0.15, -0.1) is 11.8 Å². The number of carbonyl (C=O) groups excluding carboxylic acids is 1. The average Bonchev–Trinajstić information content (AvgIpc) is 2.67. The molecule has 2 aromatic carbocycles. The second kappa shape index (κ2) is 8.76. The van der Waals surface area contributed by atoms with Crippen molar-refractivity contribution in [3.63, 3.8) is 0 Å². The molecule has 0 spiro atoms. The number of benzene rings is 2. The van der Waals surface area contributed by atoms with Crippen LogP contribution in [-0.2, 0) is 4.79 Å². The number of aryl methyl sites for hydroxylation is 1. The van der Waals surface area contributed by atoms with Gasteiger partial charge >= 0.3 is 0 Å². The smallest absolute Gasteiger partial charge is 0.240 e. The van der Waals surface area contributed by atoms with Gasteiger partial charge < -0.3 is 9.47 Å². The summed E-state index contributed by atoms with van der Waals surface area (Å²) in [7, 11) is 0. The van der Waals surface area contributed by atoms with Crippen LogP contribution in [0.15, 0.2) is 52.5 Å². The summed E-state index contributed by atoms with van der Waals surface area (Å²) in [6.45, 7) is 5.02. The van der Waals surface area contributed by atoms with Crippen molar-refractivity contribution in [3.8, 4) is 11.5 Å². The highest BCUT2D eigenvalue weighted by molar-refractivity contribution is 7.99. The van der Waals surface area contributed by atoms with Gasteiger partial charge in [0, 0.05) is 22.6 Å². The summed E-state index contributed by atoms with van der Waals surface area (Å²) in [5, 5.41) is 4.19. The van der Waals surface area contributed by atoms with Crippen molar-refractivity contribution < 1.29 is 14.3 Å². The molecule has 0 aromatic heterocycles. The van der Waals surface area contributed by atoms with Gasteiger partial charge in [0.2, 0.25) is 5.91 Å². The zero-order valence-electron chi connectivity index (χ0n) is 15.0. The molecule has 1 amide bonds. The number of thioether (sulfide) groups is 1. The molecule has 0 fully saturated rings. The number of carbonyl (C=O) groups is 1. The van der Waals surface area contributed by atoms with Gasteiger partial charge in [-0.2, -0.15) is 5.10 Å². The Morgan fingerprint density at radius 1 is 1.12 bits per heavy atom. The number of hydrogen-bond donors (Lipinski definition) is 1. The first-order chi connectivity index (χ1) is 12.6. The minimum atomic E-state index is -0.0958. The quantitative estimate of drug-likeness (QED) is 0.477. The van der Waals surface area contributed by atoms with Crippen LogP contribution in [0.2, 0.25) is 0 Å². The summed E-state index contributed by atoms with van der Waals surface area (Å²) < 4.78 is 11.1. The van der Waals surface area contributed by atoms with Crippen LogP contribution in [0.25, 0.3) is 0 Å². The van der Waals surface area contributed by atoms with Gasteiger partial charge in [0.1, 0.15) is 13.2 Å². The predicted molar refractivity (Wildman–Crippen MR) is 104 cm³/mol. The molecule has 0 unspecified atom stereocenters. The molecule has 0 atom stereocenters. The molecule has 6 heteroatoms. The molecular weight excluding hydrogens is 348 g/mol. The first-order valence-electron chi connectivity index (χ1n) is 8.54. The summed E-state index contributed by atoms with van der Waals surface area (Å²) in [5.41, 5.74) is 5.47. The maximum absolute atomic E-state index is 12.0. The van der Waals surface area contributed by atoms with Gasteiger partial charge in [-0.25, -0.2) is 5.43 Å². The molecule has 3 rings (SSSR count). The topological polar surface area (TPSA) is 59.9 Å². The van der Waals surface area contributed by atoms with Gasteiger partial charge in [-0.1, -0.05) is 17.7 Å². The fraction of sp³-hybridized carbons (Fsp3) is 0.300. The van der Waals surface area contributed by atoms with Crippen LogP contribution in [0, 0.1) is 6.92 Å². The van der Waals surface area contributed by atoms with Gasteiger partial charge in [0.05, 0.1) is 5.71 Å². The minimum Gasteiger partial charge on any atom is -0.486 e. The van der Waals surface area contributed by atoms with Crippen LogP contribution >= 0.6 is 11.8 Å². The van der Waals surface area contributed by atoms with Gasteiger partial charge in [-0.05, 0) is 44.2 Å². The van der Waals surface area contributed by atoms with Gasteiger partial charge in [-0.3, -0.25) is 4.79 Å². The van der Waals surface area contributed by atoms with Crippen molar-refractivity contribution in [1.82, 2.24) is 5.43 Å². The van der Waals surface area contributed by atoms with Crippen LogP contribution < -0.4 is 14.9 Å². The third kappa shape index (κ3) is 5.02. The second-order valence-corrected chi connectivity index (χ2v) is 7.17. The monoisotopic (exact) mass is 370 g/mol. The highest BCUT2D eigenvalue weighted by Gasteiger charge is 2.12. The maximum atomic E-state index is 12.0. The maximum Gasteiger partial charge on any atom is 0.240 e. The summed E-state index contributed by atoms with van der Waals surface area (Å²) in [5.74, 6) is 2.07. The van der Waals surface area contributed by atoms with Crippen molar-refractivity contribution >= 4 is 23.4 Å². The highest BCUT2D eigenvalue weighted by Crippen LogP contribution is 2.30. The van der Waals surface area contributed by atoms with E-state index in [0.29, 0.717) is 31.1 Å². The van der Waals surface area contributed by atoms with E-state index >= 15 is 0 Å². The zero-order valence-corrected chi connectivity index (χ0v) is 15.8. The number of amides is 1. The minimum absolute atomic E-state index is 0.0958. The van der Waals surface area contributed by atoms with Crippen molar-refractivity contribution in [2.24, 2.45) is 5.10 Å². The largest absolute Gasteiger partial charge is 0.486 e. The molecule has 1 heterocycles. The number of ether oxygens (including phenoxy) is 2. The normalized spacial score (nSPS) is 13.4. The summed E-state index contributed by atoms with van der Waals surface area (Å²) in [6.07, 6.45) is 0.413. The lowest BCUT2D eigenvalue weighted by atomic mass is 10.1. The molecule has 0 saturated heterocycles. The van der Waals surface area contributed by atoms with Crippen LogP contribution in [0.4, 0.5) is 0 Å². The second-order valence-electron chi connectivity index (χ2n) is 6.00. The van der Waals surface area contributed by atoms with Crippen LogP contribution in [0.1, 0.15) is 24.5 Å². The Morgan fingerprint density at radius 2 is 1.85 bits per heavy atom. The summed E-state index contributed by atoms with van der Waals surface area (Å²) in [4.78, 5) is 13.1. The van der Waals surface area contributed by atoms with E-state index in [1.807, 2.05) is 25.1 Å². The third-order valence-corrected chi connectivity index (χ3v) is 4.94. The molecule has 1 aliphatic heterocycles. The Balaban J connectivity index is 1.48. The fourth-order valence-corrected chi connectivity index (χ4v) is 3.28. The van der Waals surface area contributed by atoms with E-state index in [0.717, 1.165) is 17.0 Å². The Hall–Kier alpha value is -2.47. The lowest BCUT2D eigenvalue weighted by Crippen LogP contribution is -2.20. The number of nitrogens with one attached hydrogen (secondary N) is 1. The molecule has 0 aliphatic carbocycles. The zero-order chi connectivity index (χ0) is 18.4. The highest BCUT2D eigenvalue weighted by atomic mass is 32.2. The van der Waals surface area contributed by atoms with E-state index in [1.54, 1.807) is 11.8 Å². The Morgan fingerprint density at radius 3 is 2.62 bits per heavy atom. The lowest BCUT2D eigenvalue weighted by Gasteiger charge is -2.18. The van der Waals surface area contributed by atoms with E-state index in [2.05, 4.69) is 41.7 Å². The number of hydrogen-bond acceptors (Lipinski definition) is 5. The molecule has 5 nitrogen and oxygen atoms in total. The van der Waals surface area contributed by atoms with Crippen molar-refractivity contribution in [3.05, 3.63) is 53.6 Å². The van der Waals surface area contributed by atoms with Crippen molar-refractivity contribution in [1.29, 1.82) is 0 Å². The fourth-order valence-electron chi connectivity index (χ4n) is 2.43. The van der Waals surface area contributed by atoms with Crippen molar-refractivity contribution in [2.45, 2.75) is 25.2 Å². The van der Waals surface area contributed by atoms with E-state index in [1.165, 1.54) is 10.5 Å². The first-order valence-corrected chi connectivity index (χ1v) is 9.53. The Labute approximate surface area is 157 Å². The standard InChI is InChI=1S/C20H22N2O3S/c1-14-3-6-17(7-4-14)26-12-9-20(23)22-21-15(2)16-5-8-18-19(13-16)25-11-10-24-18/h3-8,13H,9-12H2,1-2H3,(H,22,23). The van der Waals surface area contributed by atoms with Crippen LogP contribution in [0.5, 0.6) is 11.5 Å². The molecular formula is C20H22N2O3S. The van der Waals surface area contributed by atoms with E-state index < -0.39 is 0 Å². The summed E-state index contributed by atoms with van der Waals surface area (Å²) in [6, 6.07) is 13.9. The Bertz CT molecular complexity index is 803. The number of rotatable bonds is 6. The number of nitrogens with zero attached hydrogens (tertiary/aromatic N) is 1. The first kappa shape index (κ1) is 18.3. The number of fused-ring (bicyclic) bond motifs is 1. The van der Waals surface area contributed by atoms with Crippen LogP contribution in [0.3, 0.4) is 0 Å². The van der Waals surface area contributed by atoms with Gasteiger partial charge in [0.25, 0.3) is 0 Å². The van der Waals surface area contributed by atoms with E-state index in [4.69, 9.17) is 9.47 Å². The number of hydrazone groups is 1. The average molecular weight is 370 g/mol. The summed E-state index contributed by atoms with van der Waals surface area (Å²) >= 11 is 1.66. The molecule has 0 bridgehead atoms. The molecule has 2 aromatic rings. The predicted octanol–water partition coefficient (Wildman–Crippen LogP) is 3.79.